The molecular weight excluding hydrogens is 254 g/mol. The molecule has 0 amide bonds. The minimum atomic E-state index is 0.200. The van der Waals surface area contributed by atoms with Crippen LogP contribution in [0.5, 0.6) is 0 Å². The van der Waals surface area contributed by atoms with E-state index < -0.39 is 0 Å². The van der Waals surface area contributed by atoms with Crippen molar-refractivity contribution in [2.24, 2.45) is 5.92 Å². The number of nitrogens with one attached hydrogen (secondary N) is 1. The van der Waals surface area contributed by atoms with Crippen LogP contribution < -0.4 is 5.32 Å². The molecule has 0 saturated heterocycles. The molecule has 1 aromatic carbocycles. The first-order chi connectivity index (χ1) is 9.85. The monoisotopic (exact) mass is 287 g/mol. The van der Waals surface area contributed by atoms with Crippen LogP contribution in [0.15, 0.2) is 18.2 Å². The van der Waals surface area contributed by atoms with Crippen LogP contribution in [0.25, 0.3) is 0 Å². The molecule has 0 bridgehead atoms. The second-order valence-corrected chi connectivity index (χ2v) is 8.06. The number of aryl methyl sites for hydroxylation is 2. The van der Waals surface area contributed by atoms with E-state index in [0.29, 0.717) is 5.92 Å². The van der Waals surface area contributed by atoms with Gasteiger partial charge in [-0.05, 0) is 64.9 Å². The Morgan fingerprint density at radius 2 is 1.57 bits per heavy atom. The van der Waals surface area contributed by atoms with Gasteiger partial charge in [-0.1, -0.05) is 48.6 Å². The fourth-order valence-corrected chi connectivity index (χ4v) is 3.73. The average molecular weight is 287 g/mol. The predicted octanol–water partition coefficient (Wildman–Crippen LogP) is 5.36. The third-order valence-corrected chi connectivity index (χ3v) is 4.74. The van der Waals surface area contributed by atoms with E-state index in [1.807, 2.05) is 0 Å². The van der Waals surface area contributed by atoms with Gasteiger partial charge in [0, 0.05) is 12.1 Å². The molecule has 1 N–H and O–H groups in total. The van der Waals surface area contributed by atoms with Gasteiger partial charge in [-0.2, -0.15) is 0 Å². The summed E-state index contributed by atoms with van der Waals surface area (Å²) in [6.45, 7) is 12.4. The van der Waals surface area contributed by atoms with Crippen LogP contribution in [-0.2, 0) is 0 Å². The molecule has 2 rings (SSSR count). The molecule has 1 heteroatoms. The second kappa shape index (κ2) is 6.96. The van der Waals surface area contributed by atoms with Crippen LogP contribution >= 0.6 is 0 Å². The van der Waals surface area contributed by atoms with Gasteiger partial charge in [-0.25, -0.2) is 0 Å². The summed E-state index contributed by atoms with van der Waals surface area (Å²) in [5.41, 5.74) is 4.56. The van der Waals surface area contributed by atoms with Gasteiger partial charge in [-0.15, -0.1) is 0 Å². The van der Waals surface area contributed by atoms with Crippen molar-refractivity contribution in [3.63, 3.8) is 0 Å². The molecule has 0 aliphatic heterocycles. The first-order valence-corrected chi connectivity index (χ1v) is 8.68. The van der Waals surface area contributed by atoms with E-state index in [2.05, 4.69) is 58.1 Å². The number of hydrogen-bond donors (Lipinski definition) is 1. The van der Waals surface area contributed by atoms with Crippen LogP contribution in [0.4, 0.5) is 0 Å². The maximum Gasteiger partial charge on any atom is 0.00967 e. The SMILES string of the molecule is Cc1cc(C)cc(C(CNC(C)(C)C)C2CCCCC2)c1. The summed E-state index contributed by atoms with van der Waals surface area (Å²) >= 11 is 0. The van der Waals surface area contributed by atoms with Crippen molar-refractivity contribution >= 4 is 0 Å². The Morgan fingerprint density at radius 3 is 2.10 bits per heavy atom. The number of hydrogen-bond acceptors (Lipinski definition) is 1. The fraction of sp³-hybridized carbons (Fsp3) is 0.700. The summed E-state index contributed by atoms with van der Waals surface area (Å²) in [7, 11) is 0. The van der Waals surface area contributed by atoms with E-state index >= 15 is 0 Å². The Labute approximate surface area is 131 Å². The van der Waals surface area contributed by atoms with Crippen LogP contribution in [0.1, 0.15) is 75.5 Å². The van der Waals surface area contributed by atoms with Gasteiger partial charge in [0.2, 0.25) is 0 Å². The molecule has 1 aromatic rings. The highest BCUT2D eigenvalue weighted by atomic mass is 14.9. The zero-order valence-electron chi connectivity index (χ0n) is 14.6. The van der Waals surface area contributed by atoms with Crippen molar-refractivity contribution in [3.8, 4) is 0 Å². The lowest BCUT2D eigenvalue weighted by Gasteiger charge is -2.34. The van der Waals surface area contributed by atoms with Crippen LogP contribution in [0.2, 0.25) is 0 Å². The van der Waals surface area contributed by atoms with E-state index in [-0.39, 0.29) is 5.54 Å². The lowest BCUT2D eigenvalue weighted by atomic mass is 9.76. The van der Waals surface area contributed by atoms with Crippen LogP contribution in [0.3, 0.4) is 0 Å². The molecule has 0 radical (unpaired) electrons. The van der Waals surface area contributed by atoms with Crippen molar-refractivity contribution in [1.82, 2.24) is 5.32 Å². The highest BCUT2D eigenvalue weighted by Gasteiger charge is 2.26. The van der Waals surface area contributed by atoms with Gasteiger partial charge in [0.05, 0.1) is 0 Å². The van der Waals surface area contributed by atoms with Crippen molar-refractivity contribution in [1.29, 1.82) is 0 Å². The summed E-state index contributed by atoms with van der Waals surface area (Å²) < 4.78 is 0. The zero-order valence-corrected chi connectivity index (χ0v) is 14.6. The summed E-state index contributed by atoms with van der Waals surface area (Å²) in [6.07, 6.45) is 7.08. The van der Waals surface area contributed by atoms with Crippen LogP contribution in [-0.4, -0.2) is 12.1 Å². The minimum absolute atomic E-state index is 0.200. The summed E-state index contributed by atoms with van der Waals surface area (Å²) in [5, 5.41) is 3.76. The van der Waals surface area contributed by atoms with Gasteiger partial charge in [0.1, 0.15) is 0 Å². The lowest BCUT2D eigenvalue weighted by molar-refractivity contribution is 0.279. The van der Waals surface area contributed by atoms with Crippen LogP contribution in [0, 0.1) is 19.8 Å². The van der Waals surface area contributed by atoms with E-state index in [9.17, 15) is 0 Å². The average Bonchev–Trinajstić information content (AvgIpc) is 2.37. The Hall–Kier alpha value is -0.820. The Morgan fingerprint density at radius 1 is 1.00 bits per heavy atom. The van der Waals surface area contributed by atoms with Gasteiger partial charge in [0.15, 0.2) is 0 Å². The molecule has 21 heavy (non-hydrogen) atoms. The molecule has 1 fully saturated rings. The first kappa shape index (κ1) is 16.5. The summed E-state index contributed by atoms with van der Waals surface area (Å²) in [4.78, 5) is 0. The van der Waals surface area contributed by atoms with E-state index in [1.165, 1.54) is 43.2 Å². The predicted molar refractivity (Wildman–Crippen MR) is 93.0 cm³/mol. The lowest BCUT2D eigenvalue weighted by Crippen LogP contribution is -2.40. The van der Waals surface area contributed by atoms with Crippen molar-refractivity contribution in [3.05, 3.63) is 34.9 Å². The van der Waals surface area contributed by atoms with E-state index in [4.69, 9.17) is 0 Å². The number of rotatable bonds is 4. The normalized spacial score (nSPS) is 18.7. The second-order valence-electron chi connectivity index (χ2n) is 8.06. The molecule has 1 nitrogen and oxygen atoms in total. The molecule has 0 spiro atoms. The smallest absolute Gasteiger partial charge is 0.00967 e. The van der Waals surface area contributed by atoms with Gasteiger partial charge < -0.3 is 5.32 Å². The minimum Gasteiger partial charge on any atom is -0.311 e. The quantitative estimate of drug-likeness (QED) is 0.786. The fourth-order valence-electron chi connectivity index (χ4n) is 3.73. The van der Waals surface area contributed by atoms with Crippen molar-refractivity contribution < 1.29 is 0 Å². The first-order valence-electron chi connectivity index (χ1n) is 8.68. The molecule has 1 atom stereocenters. The molecule has 1 aliphatic carbocycles. The molecule has 1 aliphatic rings. The topological polar surface area (TPSA) is 12.0 Å². The molecule has 1 saturated carbocycles. The van der Waals surface area contributed by atoms with E-state index in [1.54, 1.807) is 5.56 Å². The molecule has 0 aromatic heterocycles. The highest BCUT2D eigenvalue weighted by molar-refractivity contribution is 5.31. The molecule has 118 valence electrons. The maximum absolute atomic E-state index is 3.76. The van der Waals surface area contributed by atoms with Crippen molar-refractivity contribution in [2.45, 2.75) is 78.2 Å². The van der Waals surface area contributed by atoms with Crippen molar-refractivity contribution in [2.75, 3.05) is 6.54 Å². The molecule has 1 unspecified atom stereocenters. The third-order valence-electron chi connectivity index (χ3n) is 4.74. The Bertz CT molecular complexity index is 429. The Kier molecular flexibility index (Phi) is 5.48. The zero-order chi connectivity index (χ0) is 15.5. The standard InChI is InChI=1S/C20H33N/c1-15-11-16(2)13-18(12-15)19(14-21-20(3,4)5)17-9-7-6-8-10-17/h11-13,17,19,21H,6-10,14H2,1-5H3. The third kappa shape index (κ3) is 5.14. The Balaban J connectivity index is 2.21. The molecular formula is C20H33N. The number of benzene rings is 1. The molecule has 0 heterocycles. The maximum atomic E-state index is 3.76. The van der Waals surface area contributed by atoms with E-state index in [0.717, 1.165) is 12.5 Å². The van der Waals surface area contributed by atoms with Gasteiger partial charge >= 0.3 is 0 Å². The summed E-state index contributed by atoms with van der Waals surface area (Å²) in [6, 6.07) is 7.12. The van der Waals surface area contributed by atoms with Gasteiger partial charge in [-0.3, -0.25) is 0 Å². The summed E-state index contributed by atoms with van der Waals surface area (Å²) in [5.74, 6) is 1.53. The highest BCUT2D eigenvalue weighted by Crippen LogP contribution is 2.36. The largest absolute Gasteiger partial charge is 0.311 e. The van der Waals surface area contributed by atoms with Gasteiger partial charge in [0.25, 0.3) is 0 Å².